The third-order valence-electron chi connectivity index (χ3n) is 3.54. The maximum absolute atomic E-state index is 13.4. The van der Waals surface area contributed by atoms with Gasteiger partial charge in [-0.3, -0.25) is 4.68 Å². The third-order valence-corrected chi connectivity index (χ3v) is 3.54. The number of likely N-dealkylation sites (N-methyl/N-ethyl adjacent to an activating group) is 1. The number of hydrogen-bond acceptors (Lipinski definition) is 3. The van der Waals surface area contributed by atoms with Gasteiger partial charge >= 0.3 is 0 Å². The van der Waals surface area contributed by atoms with Gasteiger partial charge in [-0.05, 0) is 24.6 Å². The molecule has 0 amide bonds. The Balaban J connectivity index is 2.36. The molecule has 108 valence electrons. The van der Waals surface area contributed by atoms with Gasteiger partial charge in [-0.25, -0.2) is 4.39 Å². The van der Waals surface area contributed by atoms with Gasteiger partial charge in [0.1, 0.15) is 5.82 Å². The second kappa shape index (κ2) is 6.05. The van der Waals surface area contributed by atoms with E-state index in [1.807, 2.05) is 31.3 Å². The molecule has 0 bridgehead atoms. The summed E-state index contributed by atoms with van der Waals surface area (Å²) in [6.45, 7) is 2.52. The second-order valence-electron chi connectivity index (χ2n) is 4.90. The fraction of sp³-hybridized carbons (Fsp3) is 0.400. The highest BCUT2D eigenvalue weighted by molar-refractivity contribution is 5.48. The Morgan fingerprint density at radius 3 is 2.80 bits per heavy atom. The molecule has 1 aromatic heterocycles. The molecule has 2 N–H and O–H groups in total. The summed E-state index contributed by atoms with van der Waals surface area (Å²) in [5.74, 6) is -0.243. The lowest BCUT2D eigenvalue weighted by Crippen LogP contribution is -2.31. The van der Waals surface area contributed by atoms with E-state index in [4.69, 9.17) is 5.73 Å². The van der Waals surface area contributed by atoms with Crippen molar-refractivity contribution in [2.45, 2.75) is 19.4 Å². The predicted molar refractivity (Wildman–Crippen MR) is 79.2 cm³/mol. The maximum Gasteiger partial charge on any atom is 0.125 e. The molecule has 1 heterocycles. The highest BCUT2D eigenvalue weighted by Crippen LogP contribution is 2.27. The van der Waals surface area contributed by atoms with E-state index in [-0.39, 0.29) is 11.9 Å². The number of halogens is 1. The Bertz CT molecular complexity index is 579. The van der Waals surface area contributed by atoms with E-state index in [2.05, 4.69) is 12.0 Å². The number of aryl methyl sites for hydroxylation is 2. The van der Waals surface area contributed by atoms with Crippen molar-refractivity contribution in [3.05, 3.63) is 47.5 Å². The average Bonchev–Trinajstić information content (AvgIpc) is 2.80. The molecule has 0 spiro atoms. The van der Waals surface area contributed by atoms with Gasteiger partial charge in [0.2, 0.25) is 0 Å². The first kappa shape index (κ1) is 14.5. The molecule has 0 fully saturated rings. The molecule has 1 aromatic carbocycles. The summed E-state index contributed by atoms with van der Waals surface area (Å²) in [6, 6.07) is 6.54. The van der Waals surface area contributed by atoms with Crippen molar-refractivity contribution in [2.75, 3.05) is 18.5 Å². The highest BCUT2D eigenvalue weighted by atomic mass is 19.1. The molecule has 2 aromatic rings. The van der Waals surface area contributed by atoms with Crippen LogP contribution in [0.3, 0.4) is 0 Å². The van der Waals surface area contributed by atoms with Gasteiger partial charge in [0.05, 0.1) is 11.7 Å². The molecule has 0 radical (unpaired) electrons. The third kappa shape index (κ3) is 2.82. The normalized spacial score (nSPS) is 12.4. The summed E-state index contributed by atoms with van der Waals surface area (Å²) < 4.78 is 15.2. The molecule has 0 aliphatic heterocycles. The fourth-order valence-electron chi connectivity index (χ4n) is 2.48. The molecule has 1 unspecified atom stereocenters. The lowest BCUT2D eigenvalue weighted by Gasteiger charge is -2.29. The van der Waals surface area contributed by atoms with Crippen LogP contribution >= 0.6 is 0 Å². The summed E-state index contributed by atoms with van der Waals surface area (Å²) in [5.41, 5.74) is 8.89. The lowest BCUT2D eigenvalue weighted by atomic mass is 10.0. The van der Waals surface area contributed by atoms with Crippen LogP contribution in [0.5, 0.6) is 0 Å². The molecular weight excluding hydrogens is 255 g/mol. The smallest absolute Gasteiger partial charge is 0.125 e. The summed E-state index contributed by atoms with van der Waals surface area (Å²) >= 11 is 0. The van der Waals surface area contributed by atoms with Crippen LogP contribution in [0, 0.1) is 5.82 Å². The minimum Gasteiger partial charge on any atom is -0.366 e. The monoisotopic (exact) mass is 276 g/mol. The van der Waals surface area contributed by atoms with Crippen LogP contribution < -0.4 is 10.6 Å². The Morgan fingerprint density at radius 1 is 1.45 bits per heavy atom. The quantitative estimate of drug-likeness (QED) is 0.911. The minimum absolute atomic E-state index is 0.0135. The van der Waals surface area contributed by atoms with Gasteiger partial charge in [0, 0.05) is 38.1 Å². The van der Waals surface area contributed by atoms with Crippen LogP contribution in [0.4, 0.5) is 10.1 Å². The lowest BCUT2D eigenvalue weighted by molar-refractivity contribution is 0.622. The molecule has 0 saturated carbocycles. The minimum atomic E-state index is -0.243. The maximum atomic E-state index is 13.4. The van der Waals surface area contributed by atoms with Gasteiger partial charge in [-0.15, -0.1) is 0 Å². The SMILES string of the molecule is CCc1nn(C)cc1C(CN)N(C)c1cccc(F)c1. The van der Waals surface area contributed by atoms with Crippen molar-refractivity contribution < 1.29 is 4.39 Å². The standard InChI is InChI=1S/C15H21FN4/c1-4-14-13(10-19(2)18-14)15(9-17)20(3)12-7-5-6-11(16)8-12/h5-8,10,15H,4,9,17H2,1-3H3. The Hall–Kier alpha value is -1.88. The summed E-state index contributed by atoms with van der Waals surface area (Å²) in [5, 5.41) is 4.45. The number of nitrogens with two attached hydrogens (primary N) is 1. The first-order valence-corrected chi connectivity index (χ1v) is 6.77. The van der Waals surface area contributed by atoms with Crippen molar-refractivity contribution >= 4 is 5.69 Å². The van der Waals surface area contributed by atoms with Crippen molar-refractivity contribution in [1.82, 2.24) is 9.78 Å². The fourth-order valence-corrected chi connectivity index (χ4v) is 2.48. The van der Waals surface area contributed by atoms with Gasteiger partial charge in [0.25, 0.3) is 0 Å². The molecule has 0 saturated heterocycles. The average molecular weight is 276 g/mol. The highest BCUT2D eigenvalue weighted by Gasteiger charge is 2.21. The molecular formula is C15H21FN4. The van der Waals surface area contributed by atoms with E-state index in [1.165, 1.54) is 12.1 Å². The van der Waals surface area contributed by atoms with Crippen LogP contribution in [0.2, 0.25) is 0 Å². The Kier molecular flexibility index (Phi) is 4.39. The van der Waals surface area contributed by atoms with Crippen LogP contribution in [-0.4, -0.2) is 23.4 Å². The first-order valence-electron chi connectivity index (χ1n) is 6.77. The van der Waals surface area contributed by atoms with Gasteiger partial charge < -0.3 is 10.6 Å². The first-order chi connectivity index (χ1) is 9.56. The van der Waals surface area contributed by atoms with Crippen LogP contribution in [0.25, 0.3) is 0 Å². The summed E-state index contributed by atoms with van der Waals surface area (Å²) in [4.78, 5) is 2.00. The topological polar surface area (TPSA) is 47.1 Å². The van der Waals surface area contributed by atoms with Gasteiger partial charge in [-0.2, -0.15) is 5.10 Å². The van der Waals surface area contributed by atoms with Crippen LogP contribution in [-0.2, 0) is 13.5 Å². The summed E-state index contributed by atoms with van der Waals surface area (Å²) in [6.07, 6.45) is 2.84. The second-order valence-corrected chi connectivity index (χ2v) is 4.90. The summed E-state index contributed by atoms with van der Waals surface area (Å²) in [7, 11) is 3.83. The van der Waals surface area contributed by atoms with E-state index in [0.29, 0.717) is 6.54 Å². The van der Waals surface area contributed by atoms with Gasteiger partial charge in [-0.1, -0.05) is 13.0 Å². The molecule has 0 aliphatic rings. The predicted octanol–water partition coefficient (Wildman–Crippen LogP) is 2.26. The molecule has 1 atom stereocenters. The number of aromatic nitrogens is 2. The zero-order valence-corrected chi connectivity index (χ0v) is 12.2. The van der Waals surface area contributed by atoms with E-state index < -0.39 is 0 Å². The zero-order chi connectivity index (χ0) is 14.7. The van der Waals surface area contributed by atoms with Crippen molar-refractivity contribution in [2.24, 2.45) is 12.8 Å². The van der Waals surface area contributed by atoms with Crippen molar-refractivity contribution in [3.63, 3.8) is 0 Å². The molecule has 5 heteroatoms. The van der Waals surface area contributed by atoms with Crippen molar-refractivity contribution in [1.29, 1.82) is 0 Å². The van der Waals surface area contributed by atoms with Crippen LogP contribution in [0.1, 0.15) is 24.2 Å². The zero-order valence-electron chi connectivity index (χ0n) is 12.2. The molecule has 4 nitrogen and oxygen atoms in total. The van der Waals surface area contributed by atoms with E-state index >= 15 is 0 Å². The largest absolute Gasteiger partial charge is 0.366 e. The van der Waals surface area contributed by atoms with E-state index in [1.54, 1.807) is 10.7 Å². The number of nitrogens with zero attached hydrogens (tertiary/aromatic N) is 3. The molecule has 2 rings (SSSR count). The number of anilines is 1. The Labute approximate surface area is 119 Å². The molecule has 20 heavy (non-hydrogen) atoms. The number of hydrogen-bond donors (Lipinski definition) is 1. The number of rotatable bonds is 5. The molecule has 0 aliphatic carbocycles. The Morgan fingerprint density at radius 2 is 2.20 bits per heavy atom. The number of benzene rings is 1. The van der Waals surface area contributed by atoms with Crippen molar-refractivity contribution in [3.8, 4) is 0 Å². The van der Waals surface area contributed by atoms with Crippen LogP contribution in [0.15, 0.2) is 30.5 Å². The van der Waals surface area contributed by atoms with Gasteiger partial charge in [0.15, 0.2) is 0 Å². The van der Waals surface area contributed by atoms with E-state index in [9.17, 15) is 4.39 Å². The van der Waals surface area contributed by atoms with E-state index in [0.717, 1.165) is 23.4 Å².